The molecule has 3 rings (SSSR count). The number of aryl methyl sites for hydroxylation is 1. The molecule has 0 aliphatic carbocycles. The fourth-order valence-electron chi connectivity index (χ4n) is 2.89. The summed E-state index contributed by atoms with van der Waals surface area (Å²) >= 11 is 0. The number of nitrogens with two attached hydrogens (primary N) is 1. The molecule has 2 aromatic rings. The van der Waals surface area contributed by atoms with Crippen molar-refractivity contribution < 1.29 is 9.13 Å². The van der Waals surface area contributed by atoms with E-state index in [4.69, 9.17) is 10.5 Å². The van der Waals surface area contributed by atoms with Gasteiger partial charge >= 0.3 is 0 Å². The average molecular weight is 285 g/mol. The summed E-state index contributed by atoms with van der Waals surface area (Å²) < 4.78 is 19.9. The molecular weight excluding hydrogens is 265 g/mol. The minimum atomic E-state index is -0.459. The van der Waals surface area contributed by atoms with Crippen molar-refractivity contribution in [1.82, 2.24) is 0 Å². The highest BCUT2D eigenvalue weighted by Crippen LogP contribution is 2.36. The van der Waals surface area contributed by atoms with E-state index >= 15 is 0 Å². The normalized spacial score (nSPS) is 17.2. The van der Waals surface area contributed by atoms with Crippen LogP contribution in [0.4, 0.5) is 4.39 Å². The van der Waals surface area contributed by atoms with Crippen molar-refractivity contribution in [2.75, 3.05) is 0 Å². The van der Waals surface area contributed by atoms with Gasteiger partial charge in [0, 0.05) is 12.0 Å². The summed E-state index contributed by atoms with van der Waals surface area (Å²) in [6.45, 7) is 5.99. The Morgan fingerprint density at radius 3 is 2.67 bits per heavy atom. The Bertz CT molecular complexity index is 694. The van der Waals surface area contributed by atoms with Gasteiger partial charge in [-0.15, -0.1) is 0 Å². The number of ether oxygens (including phenoxy) is 1. The standard InChI is InChI=1S/C18H20FNO/c1-11-4-6-14(15(19)8-11)17(20)12-5-7-16-13(9-12)10-18(2,3)21-16/h4-9,17H,10,20H2,1-3H3. The third-order valence-electron chi connectivity index (χ3n) is 3.94. The molecule has 1 aliphatic heterocycles. The molecule has 2 nitrogen and oxygen atoms in total. The van der Waals surface area contributed by atoms with Gasteiger partial charge in [-0.2, -0.15) is 0 Å². The first kappa shape index (κ1) is 14.1. The van der Waals surface area contributed by atoms with Crippen LogP contribution in [0.25, 0.3) is 0 Å². The molecule has 21 heavy (non-hydrogen) atoms. The fraction of sp³-hybridized carbons (Fsp3) is 0.333. The lowest BCUT2D eigenvalue weighted by molar-refractivity contribution is 0.138. The minimum absolute atomic E-state index is 0.180. The van der Waals surface area contributed by atoms with Crippen molar-refractivity contribution in [3.8, 4) is 5.75 Å². The molecule has 0 saturated heterocycles. The largest absolute Gasteiger partial charge is 0.487 e. The zero-order valence-electron chi connectivity index (χ0n) is 12.6. The predicted octanol–water partition coefficient (Wildman–Crippen LogP) is 3.90. The minimum Gasteiger partial charge on any atom is -0.487 e. The van der Waals surface area contributed by atoms with Crippen molar-refractivity contribution >= 4 is 0 Å². The highest BCUT2D eigenvalue weighted by atomic mass is 19.1. The van der Waals surface area contributed by atoms with Crippen LogP contribution in [0.3, 0.4) is 0 Å². The van der Waals surface area contributed by atoms with E-state index in [1.165, 1.54) is 6.07 Å². The summed E-state index contributed by atoms with van der Waals surface area (Å²) in [6, 6.07) is 10.6. The second-order valence-corrected chi connectivity index (χ2v) is 6.41. The molecular formula is C18H20FNO. The molecule has 1 atom stereocenters. The maximum Gasteiger partial charge on any atom is 0.128 e. The van der Waals surface area contributed by atoms with Gasteiger partial charge in [0.25, 0.3) is 0 Å². The van der Waals surface area contributed by atoms with E-state index in [0.717, 1.165) is 28.9 Å². The van der Waals surface area contributed by atoms with E-state index in [9.17, 15) is 4.39 Å². The van der Waals surface area contributed by atoms with Crippen molar-refractivity contribution in [2.45, 2.75) is 38.8 Å². The van der Waals surface area contributed by atoms with Gasteiger partial charge in [-0.05, 0) is 49.6 Å². The summed E-state index contributed by atoms with van der Waals surface area (Å²) in [5.74, 6) is 0.653. The third-order valence-corrected chi connectivity index (χ3v) is 3.94. The van der Waals surface area contributed by atoms with Crippen molar-refractivity contribution in [2.24, 2.45) is 5.73 Å². The van der Waals surface area contributed by atoms with Crippen molar-refractivity contribution in [3.63, 3.8) is 0 Å². The zero-order chi connectivity index (χ0) is 15.2. The third kappa shape index (κ3) is 2.66. The Kier molecular flexibility index (Phi) is 3.25. The first-order chi connectivity index (χ1) is 9.85. The Hall–Kier alpha value is -1.87. The van der Waals surface area contributed by atoms with Crippen LogP contribution in [0.15, 0.2) is 36.4 Å². The van der Waals surface area contributed by atoms with Gasteiger partial charge < -0.3 is 10.5 Å². The quantitative estimate of drug-likeness (QED) is 0.908. The first-order valence-electron chi connectivity index (χ1n) is 7.19. The van der Waals surface area contributed by atoms with Crippen LogP contribution in [-0.4, -0.2) is 5.60 Å². The highest BCUT2D eigenvalue weighted by molar-refractivity contribution is 5.45. The molecule has 0 spiro atoms. The van der Waals surface area contributed by atoms with Gasteiger partial charge in [0.1, 0.15) is 17.2 Å². The van der Waals surface area contributed by atoms with Crippen LogP contribution >= 0.6 is 0 Å². The Balaban J connectivity index is 1.95. The van der Waals surface area contributed by atoms with Crippen LogP contribution in [0.1, 0.15) is 42.1 Å². The van der Waals surface area contributed by atoms with Crippen LogP contribution < -0.4 is 10.5 Å². The molecule has 2 aromatic carbocycles. The number of rotatable bonds is 2. The molecule has 0 amide bonds. The SMILES string of the molecule is Cc1ccc(C(N)c2ccc3c(c2)CC(C)(C)O3)c(F)c1. The lowest BCUT2D eigenvalue weighted by Gasteiger charge is -2.16. The Morgan fingerprint density at radius 2 is 1.95 bits per heavy atom. The molecule has 0 fully saturated rings. The average Bonchev–Trinajstić information content (AvgIpc) is 2.70. The van der Waals surface area contributed by atoms with Gasteiger partial charge in [-0.1, -0.05) is 24.3 Å². The molecule has 0 saturated carbocycles. The summed E-state index contributed by atoms with van der Waals surface area (Å²) in [4.78, 5) is 0. The van der Waals surface area contributed by atoms with E-state index in [2.05, 4.69) is 13.8 Å². The van der Waals surface area contributed by atoms with Gasteiger partial charge in [0.05, 0.1) is 6.04 Å². The lowest BCUT2D eigenvalue weighted by atomic mass is 9.94. The van der Waals surface area contributed by atoms with Gasteiger partial charge in [0.15, 0.2) is 0 Å². The smallest absolute Gasteiger partial charge is 0.128 e. The number of hydrogen-bond donors (Lipinski definition) is 1. The predicted molar refractivity (Wildman–Crippen MR) is 82.0 cm³/mol. The molecule has 1 aliphatic rings. The molecule has 0 bridgehead atoms. The second-order valence-electron chi connectivity index (χ2n) is 6.41. The van der Waals surface area contributed by atoms with E-state index in [-0.39, 0.29) is 11.4 Å². The first-order valence-corrected chi connectivity index (χ1v) is 7.19. The molecule has 1 heterocycles. The van der Waals surface area contributed by atoms with E-state index in [1.54, 1.807) is 6.07 Å². The maximum atomic E-state index is 14.1. The zero-order valence-corrected chi connectivity index (χ0v) is 12.6. The molecule has 2 N–H and O–H groups in total. The highest BCUT2D eigenvalue weighted by Gasteiger charge is 2.30. The Labute approximate surface area is 124 Å². The lowest BCUT2D eigenvalue weighted by Crippen LogP contribution is -2.24. The maximum absolute atomic E-state index is 14.1. The second kappa shape index (κ2) is 4.85. The molecule has 0 radical (unpaired) electrons. The van der Waals surface area contributed by atoms with Crippen LogP contribution in [0.2, 0.25) is 0 Å². The van der Waals surface area contributed by atoms with Crippen LogP contribution in [-0.2, 0) is 6.42 Å². The monoisotopic (exact) mass is 285 g/mol. The van der Waals surface area contributed by atoms with Crippen LogP contribution in [0.5, 0.6) is 5.75 Å². The van der Waals surface area contributed by atoms with Gasteiger partial charge in [-0.25, -0.2) is 4.39 Å². The fourth-order valence-corrected chi connectivity index (χ4v) is 2.89. The van der Waals surface area contributed by atoms with E-state index < -0.39 is 6.04 Å². The number of halogens is 1. The number of benzene rings is 2. The van der Waals surface area contributed by atoms with E-state index in [0.29, 0.717) is 5.56 Å². The van der Waals surface area contributed by atoms with Crippen molar-refractivity contribution in [3.05, 3.63) is 64.5 Å². The molecule has 110 valence electrons. The van der Waals surface area contributed by atoms with E-state index in [1.807, 2.05) is 31.2 Å². The van der Waals surface area contributed by atoms with Gasteiger partial charge in [0.2, 0.25) is 0 Å². The summed E-state index contributed by atoms with van der Waals surface area (Å²) in [6.07, 6.45) is 0.847. The van der Waals surface area contributed by atoms with Crippen molar-refractivity contribution in [1.29, 1.82) is 0 Å². The number of hydrogen-bond acceptors (Lipinski definition) is 2. The van der Waals surface area contributed by atoms with Gasteiger partial charge in [-0.3, -0.25) is 0 Å². The summed E-state index contributed by atoms with van der Waals surface area (Å²) in [5, 5.41) is 0. The summed E-state index contributed by atoms with van der Waals surface area (Å²) in [5.41, 5.74) is 9.54. The molecule has 3 heteroatoms. The molecule has 0 aromatic heterocycles. The topological polar surface area (TPSA) is 35.2 Å². The summed E-state index contributed by atoms with van der Waals surface area (Å²) in [7, 11) is 0. The molecule has 1 unspecified atom stereocenters. The van der Waals surface area contributed by atoms with Crippen LogP contribution in [0, 0.1) is 12.7 Å². The Morgan fingerprint density at radius 1 is 1.19 bits per heavy atom. The number of fused-ring (bicyclic) bond motifs is 1.